The van der Waals surface area contributed by atoms with Crippen LogP contribution in [0, 0.1) is 6.92 Å². The molecule has 0 saturated heterocycles. The fourth-order valence-electron chi connectivity index (χ4n) is 2.76. The number of fused-ring (bicyclic) bond motifs is 1. The van der Waals surface area contributed by atoms with Gasteiger partial charge < -0.3 is 4.90 Å². The number of hydrogen-bond donors (Lipinski definition) is 0. The van der Waals surface area contributed by atoms with E-state index in [2.05, 4.69) is 4.98 Å². The quantitative estimate of drug-likeness (QED) is 0.722. The van der Waals surface area contributed by atoms with E-state index < -0.39 is 9.84 Å². The highest BCUT2D eigenvalue weighted by Crippen LogP contribution is 2.24. The third-order valence-corrected chi connectivity index (χ3v) is 5.13. The van der Waals surface area contributed by atoms with E-state index in [0.717, 1.165) is 22.5 Å². The minimum atomic E-state index is -3.24. The zero-order valence-electron chi connectivity index (χ0n) is 14.5. The number of carbonyl (C=O) groups excluding carboxylic acids is 1. The molecule has 130 valence electrons. The van der Waals surface area contributed by atoms with Crippen molar-refractivity contribution in [3.05, 3.63) is 53.9 Å². The lowest BCUT2D eigenvalue weighted by atomic mass is 10.1. The van der Waals surface area contributed by atoms with Gasteiger partial charge in [-0.25, -0.2) is 13.4 Å². The van der Waals surface area contributed by atoms with Crippen molar-refractivity contribution in [1.82, 2.24) is 14.5 Å². The van der Waals surface area contributed by atoms with E-state index in [0.29, 0.717) is 5.56 Å². The first-order valence-electron chi connectivity index (χ1n) is 7.70. The molecule has 0 aliphatic heterocycles. The summed E-state index contributed by atoms with van der Waals surface area (Å²) in [5, 5.41) is 0. The van der Waals surface area contributed by atoms with Crippen molar-refractivity contribution in [1.29, 1.82) is 0 Å². The standard InChI is InChI=1S/C18H19N3O3S/c1-12-19-16-10-5-13(18(22)20(2)3)11-17(16)21(12)14-6-8-15(9-7-14)25(4,23)24/h5-11H,1-4H3. The average molecular weight is 357 g/mol. The fourth-order valence-corrected chi connectivity index (χ4v) is 3.39. The second kappa shape index (κ2) is 6.00. The molecule has 0 atom stereocenters. The Morgan fingerprint density at radius 3 is 2.28 bits per heavy atom. The second-order valence-electron chi connectivity index (χ2n) is 6.16. The van der Waals surface area contributed by atoms with E-state index in [1.807, 2.05) is 23.6 Å². The molecule has 0 saturated carbocycles. The van der Waals surface area contributed by atoms with Gasteiger partial charge in [-0.15, -0.1) is 0 Å². The molecule has 6 nitrogen and oxygen atoms in total. The Morgan fingerprint density at radius 1 is 1.08 bits per heavy atom. The van der Waals surface area contributed by atoms with Crippen molar-refractivity contribution >= 4 is 26.8 Å². The van der Waals surface area contributed by atoms with Gasteiger partial charge in [-0.1, -0.05) is 0 Å². The lowest BCUT2D eigenvalue weighted by molar-refractivity contribution is 0.0827. The Kier molecular flexibility index (Phi) is 4.12. The molecule has 0 spiro atoms. The van der Waals surface area contributed by atoms with Crippen molar-refractivity contribution in [3.8, 4) is 5.69 Å². The van der Waals surface area contributed by atoms with Crippen LogP contribution in [0.5, 0.6) is 0 Å². The number of amides is 1. The topological polar surface area (TPSA) is 72.3 Å². The summed E-state index contributed by atoms with van der Waals surface area (Å²) in [6.07, 6.45) is 1.18. The molecular weight excluding hydrogens is 338 g/mol. The maximum atomic E-state index is 12.2. The largest absolute Gasteiger partial charge is 0.345 e. The zero-order chi connectivity index (χ0) is 18.4. The molecule has 2 aromatic carbocycles. The van der Waals surface area contributed by atoms with Gasteiger partial charge in [-0.2, -0.15) is 0 Å². The number of sulfone groups is 1. The van der Waals surface area contributed by atoms with Crippen LogP contribution in [0.1, 0.15) is 16.2 Å². The number of aromatic nitrogens is 2. The molecule has 0 fully saturated rings. The van der Waals surface area contributed by atoms with Gasteiger partial charge in [0.15, 0.2) is 9.84 Å². The van der Waals surface area contributed by atoms with Crippen LogP contribution in [-0.2, 0) is 9.84 Å². The third-order valence-electron chi connectivity index (χ3n) is 4.00. The molecule has 25 heavy (non-hydrogen) atoms. The van der Waals surface area contributed by atoms with E-state index in [9.17, 15) is 13.2 Å². The molecular formula is C18H19N3O3S. The molecule has 1 aromatic heterocycles. The molecule has 0 aliphatic carbocycles. The van der Waals surface area contributed by atoms with Crippen molar-refractivity contribution in [3.63, 3.8) is 0 Å². The van der Waals surface area contributed by atoms with Crippen LogP contribution in [0.3, 0.4) is 0 Å². The van der Waals surface area contributed by atoms with Crippen LogP contribution >= 0.6 is 0 Å². The van der Waals surface area contributed by atoms with Gasteiger partial charge in [0.25, 0.3) is 5.91 Å². The highest BCUT2D eigenvalue weighted by molar-refractivity contribution is 7.90. The van der Waals surface area contributed by atoms with E-state index in [-0.39, 0.29) is 10.8 Å². The number of carbonyl (C=O) groups is 1. The first-order chi connectivity index (χ1) is 11.7. The second-order valence-corrected chi connectivity index (χ2v) is 8.18. The molecule has 7 heteroatoms. The Morgan fingerprint density at radius 2 is 1.72 bits per heavy atom. The number of hydrogen-bond acceptors (Lipinski definition) is 4. The van der Waals surface area contributed by atoms with Gasteiger partial charge in [0.1, 0.15) is 5.82 Å². The Bertz CT molecular complexity index is 1060. The minimum Gasteiger partial charge on any atom is -0.345 e. The van der Waals surface area contributed by atoms with Gasteiger partial charge in [0.05, 0.1) is 15.9 Å². The van der Waals surface area contributed by atoms with Crippen LogP contribution < -0.4 is 0 Å². The average Bonchev–Trinajstić information content (AvgIpc) is 2.88. The van der Waals surface area contributed by atoms with Crippen molar-refractivity contribution in [2.24, 2.45) is 0 Å². The van der Waals surface area contributed by atoms with Crippen LogP contribution in [0.2, 0.25) is 0 Å². The van der Waals surface area contributed by atoms with Crippen molar-refractivity contribution < 1.29 is 13.2 Å². The summed E-state index contributed by atoms with van der Waals surface area (Å²) >= 11 is 0. The molecule has 3 aromatic rings. The monoisotopic (exact) mass is 357 g/mol. The van der Waals surface area contributed by atoms with Gasteiger partial charge in [-0.3, -0.25) is 9.36 Å². The van der Waals surface area contributed by atoms with E-state index in [1.54, 1.807) is 44.4 Å². The lowest BCUT2D eigenvalue weighted by Crippen LogP contribution is -2.21. The van der Waals surface area contributed by atoms with Crippen molar-refractivity contribution in [2.45, 2.75) is 11.8 Å². The summed E-state index contributed by atoms with van der Waals surface area (Å²) < 4.78 is 25.2. The summed E-state index contributed by atoms with van der Waals surface area (Å²) in [6.45, 7) is 1.87. The molecule has 3 rings (SSSR count). The van der Waals surface area contributed by atoms with Gasteiger partial charge in [-0.05, 0) is 49.4 Å². The summed E-state index contributed by atoms with van der Waals surface area (Å²) in [6, 6.07) is 12.0. The molecule has 0 unspecified atom stereocenters. The molecule has 1 amide bonds. The summed E-state index contributed by atoms with van der Waals surface area (Å²) in [4.78, 5) is 18.5. The van der Waals surface area contributed by atoms with Crippen LogP contribution in [0.15, 0.2) is 47.4 Å². The molecule has 1 heterocycles. The van der Waals surface area contributed by atoms with Gasteiger partial charge in [0.2, 0.25) is 0 Å². The minimum absolute atomic E-state index is 0.0836. The van der Waals surface area contributed by atoms with E-state index >= 15 is 0 Å². The van der Waals surface area contributed by atoms with Gasteiger partial charge in [0, 0.05) is 31.6 Å². The Hall–Kier alpha value is -2.67. The van der Waals surface area contributed by atoms with Crippen molar-refractivity contribution in [2.75, 3.05) is 20.4 Å². The fraction of sp³-hybridized carbons (Fsp3) is 0.222. The zero-order valence-corrected chi connectivity index (χ0v) is 15.3. The van der Waals surface area contributed by atoms with E-state index in [1.165, 1.54) is 11.2 Å². The predicted molar refractivity (Wildman–Crippen MR) is 96.9 cm³/mol. The lowest BCUT2D eigenvalue weighted by Gasteiger charge is -2.11. The maximum absolute atomic E-state index is 12.2. The number of imidazole rings is 1. The highest BCUT2D eigenvalue weighted by atomic mass is 32.2. The molecule has 0 N–H and O–H groups in total. The first-order valence-corrected chi connectivity index (χ1v) is 9.59. The first kappa shape index (κ1) is 17.2. The normalized spacial score (nSPS) is 11.7. The number of rotatable bonds is 3. The molecule has 0 bridgehead atoms. The Labute approximate surface area is 146 Å². The number of benzene rings is 2. The molecule has 0 aliphatic rings. The van der Waals surface area contributed by atoms with Crippen LogP contribution in [-0.4, -0.2) is 49.1 Å². The highest BCUT2D eigenvalue weighted by Gasteiger charge is 2.15. The summed E-state index contributed by atoms with van der Waals surface area (Å²) in [5.74, 6) is 0.677. The van der Waals surface area contributed by atoms with Crippen LogP contribution in [0.4, 0.5) is 0 Å². The predicted octanol–water partition coefficient (Wildman–Crippen LogP) is 2.44. The Balaban J connectivity index is 2.17. The smallest absolute Gasteiger partial charge is 0.253 e. The third kappa shape index (κ3) is 3.15. The summed E-state index contributed by atoms with van der Waals surface area (Å²) in [5.41, 5.74) is 2.95. The van der Waals surface area contributed by atoms with Crippen LogP contribution in [0.25, 0.3) is 16.7 Å². The maximum Gasteiger partial charge on any atom is 0.253 e. The molecule has 0 radical (unpaired) electrons. The number of nitrogens with zero attached hydrogens (tertiary/aromatic N) is 3. The van der Waals surface area contributed by atoms with Gasteiger partial charge >= 0.3 is 0 Å². The SMILES string of the molecule is Cc1nc2ccc(C(=O)N(C)C)cc2n1-c1ccc(S(C)(=O)=O)cc1. The van der Waals surface area contributed by atoms with E-state index in [4.69, 9.17) is 0 Å². The number of aryl methyl sites for hydroxylation is 1. The summed E-state index contributed by atoms with van der Waals surface area (Å²) in [7, 11) is 0.171.